The molecular formula is C18H29N3O3. The number of benzene rings is 1. The number of nitrogens with two attached hydrogens (primary N) is 1. The van der Waals surface area contributed by atoms with Crippen molar-refractivity contribution in [1.29, 1.82) is 0 Å². The van der Waals surface area contributed by atoms with Gasteiger partial charge in [0.05, 0.1) is 13.7 Å². The molecule has 2 rings (SSSR count). The molecule has 0 radical (unpaired) electrons. The number of methoxy groups -OCH3 is 1. The fraction of sp³-hybridized carbons (Fsp3) is 0.611. The van der Waals surface area contributed by atoms with E-state index < -0.39 is 0 Å². The summed E-state index contributed by atoms with van der Waals surface area (Å²) in [5.41, 5.74) is 3.44. The van der Waals surface area contributed by atoms with Crippen molar-refractivity contribution in [3.63, 3.8) is 0 Å². The van der Waals surface area contributed by atoms with Gasteiger partial charge in [-0.1, -0.05) is 19.4 Å². The standard InChI is InChI=1S/C18H29N3O3/c1-3-4-11-24-16-6-5-14(12-17(16)23-2)13-21-9-7-15(8-10-21)18(22)20-19/h5-6,12,15H,3-4,7-11,13,19H2,1-2H3,(H,20,22). The van der Waals surface area contributed by atoms with E-state index in [1.807, 2.05) is 12.1 Å². The highest BCUT2D eigenvalue weighted by Gasteiger charge is 2.24. The lowest BCUT2D eigenvalue weighted by molar-refractivity contribution is -0.126. The van der Waals surface area contributed by atoms with Crippen molar-refractivity contribution in [1.82, 2.24) is 10.3 Å². The summed E-state index contributed by atoms with van der Waals surface area (Å²) in [6, 6.07) is 6.11. The van der Waals surface area contributed by atoms with Crippen molar-refractivity contribution in [3.05, 3.63) is 23.8 Å². The molecular weight excluding hydrogens is 306 g/mol. The third-order valence-electron chi connectivity index (χ3n) is 4.49. The molecule has 1 aliphatic rings. The summed E-state index contributed by atoms with van der Waals surface area (Å²) in [5.74, 6) is 6.78. The smallest absolute Gasteiger partial charge is 0.237 e. The average Bonchev–Trinajstić information content (AvgIpc) is 2.62. The molecule has 1 saturated heterocycles. The maximum Gasteiger partial charge on any atom is 0.237 e. The summed E-state index contributed by atoms with van der Waals surface area (Å²) >= 11 is 0. The first-order valence-electron chi connectivity index (χ1n) is 8.70. The van der Waals surface area contributed by atoms with Gasteiger partial charge < -0.3 is 9.47 Å². The van der Waals surface area contributed by atoms with Crippen LogP contribution in [0.15, 0.2) is 18.2 Å². The molecule has 1 aliphatic heterocycles. The van der Waals surface area contributed by atoms with Crippen LogP contribution in [0.25, 0.3) is 0 Å². The first kappa shape index (κ1) is 18.5. The van der Waals surface area contributed by atoms with Crippen LogP contribution in [0.5, 0.6) is 11.5 Å². The SMILES string of the molecule is CCCCOc1ccc(CN2CCC(C(=O)NN)CC2)cc1OC. The van der Waals surface area contributed by atoms with Crippen LogP contribution in [0.4, 0.5) is 0 Å². The Morgan fingerprint density at radius 2 is 2.08 bits per heavy atom. The maximum absolute atomic E-state index is 11.6. The Bertz CT molecular complexity index is 528. The van der Waals surface area contributed by atoms with Crippen LogP contribution in [0.2, 0.25) is 0 Å². The van der Waals surface area contributed by atoms with Crippen LogP contribution in [0, 0.1) is 5.92 Å². The minimum atomic E-state index is -0.0510. The van der Waals surface area contributed by atoms with Crippen molar-refractivity contribution in [2.24, 2.45) is 11.8 Å². The Kier molecular flexibility index (Phi) is 7.34. The lowest BCUT2D eigenvalue weighted by atomic mass is 9.96. The molecule has 24 heavy (non-hydrogen) atoms. The fourth-order valence-electron chi connectivity index (χ4n) is 2.99. The van der Waals surface area contributed by atoms with Gasteiger partial charge >= 0.3 is 0 Å². The number of rotatable bonds is 8. The lowest BCUT2D eigenvalue weighted by Gasteiger charge is -2.31. The van der Waals surface area contributed by atoms with Gasteiger partial charge in [-0.3, -0.25) is 15.1 Å². The summed E-state index contributed by atoms with van der Waals surface area (Å²) in [7, 11) is 1.67. The van der Waals surface area contributed by atoms with Crippen molar-refractivity contribution in [2.75, 3.05) is 26.8 Å². The molecule has 0 bridgehead atoms. The van der Waals surface area contributed by atoms with E-state index in [-0.39, 0.29) is 11.8 Å². The molecule has 0 saturated carbocycles. The van der Waals surface area contributed by atoms with Gasteiger partial charge in [-0.15, -0.1) is 0 Å². The fourth-order valence-corrected chi connectivity index (χ4v) is 2.99. The van der Waals surface area contributed by atoms with Gasteiger partial charge in [0.25, 0.3) is 0 Å². The normalized spacial score (nSPS) is 16.0. The highest BCUT2D eigenvalue weighted by atomic mass is 16.5. The van der Waals surface area contributed by atoms with Crippen molar-refractivity contribution < 1.29 is 14.3 Å². The largest absolute Gasteiger partial charge is 0.493 e. The molecule has 0 atom stereocenters. The number of amides is 1. The molecule has 0 unspecified atom stereocenters. The minimum Gasteiger partial charge on any atom is -0.493 e. The Labute approximate surface area is 144 Å². The van der Waals surface area contributed by atoms with Gasteiger partial charge in [0, 0.05) is 12.5 Å². The summed E-state index contributed by atoms with van der Waals surface area (Å²) in [6.07, 6.45) is 3.84. The number of likely N-dealkylation sites (tertiary alicyclic amines) is 1. The van der Waals surface area contributed by atoms with E-state index in [0.717, 1.165) is 56.8 Å². The van der Waals surface area contributed by atoms with Gasteiger partial charge in [0.1, 0.15) is 0 Å². The Hall–Kier alpha value is -1.79. The van der Waals surface area contributed by atoms with Gasteiger partial charge in [-0.25, -0.2) is 5.84 Å². The quantitative estimate of drug-likeness (QED) is 0.329. The number of ether oxygens (including phenoxy) is 2. The number of hydrogen-bond acceptors (Lipinski definition) is 5. The lowest BCUT2D eigenvalue weighted by Crippen LogP contribution is -2.42. The zero-order valence-corrected chi connectivity index (χ0v) is 14.7. The van der Waals surface area contributed by atoms with E-state index in [9.17, 15) is 4.79 Å². The van der Waals surface area contributed by atoms with Crippen LogP contribution in [-0.4, -0.2) is 37.6 Å². The minimum absolute atomic E-state index is 0.0372. The van der Waals surface area contributed by atoms with Crippen LogP contribution in [0.1, 0.15) is 38.2 Å². The summed E-state index contributed by atoms with van der Waals surface area (Å²) in [4.78, 5) is 13.9. The van der Waals surface area contributed by atoms with E-state index in [1.54, 1.807) is 7.11 Å². The van der Waals surface area contributed by atoms with E-state index >= 15 is 0 Å². The topological polar surface area (TPSA) is 76.8 Å². The first-order chi connectivity index (χ1) is 11.7. The third-order valence-corrected chi connectivity index (χ3v) is 4.49. The van der Waals surface area contributed by atoms with Gasteiger partial charge in [0.15, 0.2) is 11.5 Å². The molecule has 1 amide bonds. The Balaban J connectivity index is 1.90. The predicted molar refractivity (Wildman–Crippen MR) is 93.7 cm³/mol. The predicted octanol–water partition coefficient (Wildman–Crippen LogP) is 2.08. The van der Waals surface area contributed by atoms with Gasteiger partial charge in [-0.2, -0.15) is 0 Å². The number of unbranched alkanes of at least 4 members (excludes halogenated alkanes) is 1. The van der Waals surface area contributed by atoms with E-state index in [1.165, 1.54) is 5.56 Å². The number of carbonyl (C=O) groups excluding carboxylic acids is 1. The monoisotopic (exact) mass is 335 g/mol. The van der Waals surface area contributed by atoms with E-state index in [4.69, 9.17) is 15.3 Å². The molecule has 0 aromatic heterocycles. The number of hydrazine groups is 1. The molecule has 0 aliphatic carbocycles. The first-order valence-corrected chi connectivity index (χ1v) is 8.70. The second kappa shape index (κ2) is 9.49. The summed E-state index contributed by atoms with van der Waals surface area (Å²) in [6.45, 7) is 5.50. The zero-order chi connectivity index (χ0) is 17.4. The molecule has 6 nitrogen and oxygen atoms in total. The van der Waals surface area contributed by atoms with Crippen molar-refractivity contribution >= 4 is 5.91 Å². The molecule has 134 valence electrons. The number of hydrogen-bond donors (Lipinski definition) is 2. The second-order valence-corrected chi connectivity index (χ2v) is 6.25. The highest BCUT2D eigenvalue weighted by molar-refractivity contribution is 5.78. The Morgan fingerprint density at radius 3 is 2.71 bits per heavy atom. The van der Waals surface area contributed by atoms with Gasteiger partial charge in [0.2, 0.25) is 5.91 Å². The van der Waals surface area contributed by atoms with Crippen LogP contribution < -0.4 is 20.7 Å². The van der Waals surface area contributed by atoms with Crippen molar-refractivity contribution in [2.45, 2.75) is 39.2 Å². The van der Waals surface area contributed by atoms with Crippen molar-refractivity contribution in [3.8, 4) is 11.5 Å². The summed E-state index contributed by atoms with van der Waals surface area (Å²) in [5, 5.41) is 0. The molecule has 1 fully saturated rings. The van der Waals surface area contributed by atoms with Gasteiger partial charge in [-0.05, 0) is 50.0 Å². The number of carbonyl (C=O) groups is 1. The van der Waals surface area contributed by atoms with Crippen LogP contribution >= 0.6 is 0 Å². The molecule has 6 heteroatoms. The number of nitrogens with zero attached hydrogens (tertiary/aromatic N) is 1. The Morgan fingerprint density at radius 1 is 1.33 bits per heavy atom. The molecule has 0 spiro atoms. The van der Waals surface area contributed by atoms with E-state index in [2.05, 4.69) is 23.3 Å². The highest BCUT2D eigenvalue weighted by Crippen LogP contribution is 2.29. The van der Waals surface area contributed by atoms with Crippen LogP contribution in [0.3, 0.4) is 0 Å². The van der Waals surface area contributed by atoms with Crippen LogP contribution in [-0.2, 0) is 11.3 Å². The second-order valence-electron chi connectivity index (χ2n) is 6.25. The summed E-state index contributed by atoms with van der Waals surface area (Å²) < 4.78 is 11.2. The van der Waals surface area contributed by atoms with E-state index in [0.29, 0.717) is 6.61 Å². The zero-order valence-electron chi connectivity index (χ0n) is 14.7. The molecule has 1 aromatic carbocycles. The number of piperidine rings is 1. The maximum atomic E-state index is 11.6. The molecule has 1 heterocycles. The molecule has 1 aromatic rings. The third kappa shape index (κ3) is 5.11. The number of nitrogens with one attached hydrogen (secondary N) is 1. The average molecular weight is 335 g/mol. The molecule has 3 N–H and O–H groups in total.